The third kappa shape index (κ3) is 5.01. The van der Waals surface area contributed by atoms with E-state index < -0.39 is 5.60 Å². The molecule has 0 fully saturated rings. The summed E-state index contributed by atoms with van der Waals surface area (Å²) in [4.78, 5) is 11.5. The van der Waals surface area contributed by atoms with Gasteiger partial charge in [-0.25, -0.2) is 0 Å². The smallest absolute Gasteiger partial charge is 0.189 e. The lowest BCUT2D eigenvalue weighted by Crippen LogP contribution is -2.38. The van der Waals surface area contributed by atoms with E-state index >= 15 is 0 Å². The van der Waals surface area contributed by atoms with E-state index in [0.29, 0.717) is 0 Å². The quantitative estimate of drug-likeness (QED) is 0.674. The number of rotatable bonds is 4. The SMILES string of the molecule is COC(C)(C)C(=O)COC(C)(C)C. The Labute approximate surface area is 80.4 Å². The van der Waals surface area contributed by atoms with Gasteiger partial charge < -0.3 is 9.47 Å². The zero-order valence-corrected chi connectivity index (χ0v) is 9.43. The Morgan fingerprint density at radius 3 is 1.92 bits per heavy atom. The molecule has 0 amide bonds. The van der Waals surface area contributed by atoms with E-state index in [2.05, 4.69) is 0 Å². The molecular formula is C10H20O3. The summed E-state index contributed by atoms with van der Waals surface area (Å²) in [6.45, 7) is 9.33. The standard InChI is InChI=1S/C10H20O3/c1-9(2,3)13-7-8(11)10(4,5)12-6/h7H2,1-6H3. The van der Waals surface area contributed by atoms with Gasteiger partial charge in [0, 0.05) is 7.11 Å². The minimum atomic E-state index is -0.745. The van der Waals surface area contributed by atoms with Crippen molar-refractivity contribution >= 4 is 5.78 Å². The zero-order valence-electron chi connectivity index (χ0n) is 9.43. The van der Waals surface area contributed by atoms with Crippen molar-refractivity contribution in [3.63, 3.8) is 0 Å². The van der Waals surface area contributed by atoms with E-state index in [9.17, 15) is 4.79 Å². The molecule has 0 saturated heterocycles. The monoisotopic (exact) mass is 188 g/mol. The molecule has 0 unspecified atom stereocenters. The average molecular weight is 188 g/mol. The summed E-state index contributed by atoms with van der Waals surface area (Å²) >= 11 is 0. The van der Waals surface area contributed by atoms with E-state index in [1.807, 2.05) is 20.8 Å². The first-order chi connectivity index (χ1) is 5.69. The maximum Gasteiger partial charge on any atom is 0.189 e. The molecule has 0 aliphatic carbocycles. The molecule has 0 aromatic rings. The zero-order chi connectivity index (χ0) is 10.7. The third-order valence-corrected chi connectivity index (χ3v) is 1.82. The van der Waals surface area contributed by atoms with E-state index in [-0.39, 0.29) is 18.0 Å². The summed E-state index contributed by atoms with van der Waals surface area (Å²) in [5, 5.41) is 0. The van der Waals surface area contributed by atoms with Crippen molar-refractivity contribution in [3.05, 3.63) is 0 Å². The highest BCUT2D eigenvalue weighted by atomic mass is 16.5. The van der Waals surface area contributed by atoms with Crippen LogP contribution in [0, 0.1) is 0 Å². The Bertz CT molecular complexity index is 177. The molecule has 0 heterocycles. The molecule has 0 aromatic carbocycles. The Balaban J connectivity index is 4.03. The molecule has 0 bridgehead atoms. The molecule has 0 aliphatic heterocycles. The first-order valence-corrected chi connectivity index (χ1v) is 4.41. The lowest BCUT2D eigenvalue weighted by molar-refractivity contribution is -0.146. The maximum absolute atomic E-state index is 11.5. The van der Waals surface area contributed by atoms with Gasteiger partial charge in [-0.15, -0.1) is 0 Å². The van der Waals surface area contributed by atoms with Gasteiger partial charge in [-0.05, 0) is 34.6 Å². The molecular weight excluding hydrogens is 168 g/mol. The number of carbonyl (C=O) groups excluding carboxylic acids is 1. The van der Waals surface area contributed by atoms with Crippen LogP contribution in [0.4, 0.5) is 0 Å². The van der Waals surface area contributed by atoms with E-state index in [4.69, 9.17) is 9.47 Å². The topological polar surface area (TPSA) is 35.5 Å². The average Bonchev–Trinajstić information content (AvgIpc) is 1.98. The Morgan fingerprint density at radius 1 is 1.15 bits per heavy atom. The number of ether oxygens (including phenoxy) is 2. The van der Waals surface area contributed by atoms with Gasteiger partial charge in [0.1, 0.15) is 12.2 Å². The van der Waals surface area contributed by atoms with Gasteiger partial charge >= 0.3 is 0 Å². The molecule has 78 valence electrons. The van der Waals surface area contributed by atoms with Crippen LogP contribution in [0.3, 0.4) is 0 Å². The Kier molecular flexibility index (Phi) is 4.07. The highest BCUT2D eigenvalue weighted by Crippen LogP contribution is 2.12. The summed E-state index contributed by atoms with van der Waals surface area (Å²) in [5.74, 6) is -0.0371. The molecule has 13 heavy (non-hydrogen) atoms. The summed E-state index contributed by atoms with van der Waals surface area (Å²) < 4.78 is 10.4. The van der Waals surface area contributed by atoms with Crippen LogP contribution in [0.25, 0.3) is 0 Å². The molecule has 0 rings (SSSR count). The second-order valence-corrected chi connectivity index (χ2v) is 4.54. The number of Topliss-reactive ketones (excluding diaryl/α,β-unsaturated/α-hetero) is 1. The van der Waals surface area contributed by atoms with Crippen molar-refractivity contribution in [2.45, 2.75) is 45.8 Å². The lowest BCUT2D eigenvalue weighted by Gasteiger charge is -2.24. The van der Waals surface area contributed by atoms with E-state index in [1.54, 1.807) is 13.8 Å². The summed E-state index contributed by atoms with van der Waals surface area (Å²) in [7, 11) is 1.52. The van der Waals surface area contributed by atoms with Gasteiger partial charge in [-0.2, -0.15) is 0 Å². The number of ketones is 1. The number of hydrogen-bond donors (Lipinski definition) is 0. The summed E-state index contributed by atoms with van der Waals surface area (Å²) in [5.41, 5.74) is -1.02. The molecule has 0 N–H and O–H groups in total. The van der Waals surface area contributed by atoms with Crippen molar-refractivity contribution in [1.29, 1.82) is 0 Å². The molecule has 3 heteroatoms. The third-order valence-electron chi connectivity index (χ3n) is 1.82. The predicted octanol–water partition coefficient (Wildman–Crippen LogP) is 1.80. The number of hydrogen-bond acceptors (Lipinski definition) is 3. The summed E-state index contributed by atoms with van der Waals surface area (Å²) in [6.07, 6.45) is 0. The van der Waals surface area contributed by atoms with Crippen LogP contribution in [0.2, 0.25) is 0 Å². The van der Waals surface area contributed by atoms with Gasteiger partial charge in [0.15, 0.2) is 5.78 Å². The molecule has 0 atom stereocenters. The van der Waals surface area contributed by atoms with Crippen molar-refractivity contribution in [3.8, 4) is 0 Å². The molecule has 0 aliphatic rings. The fraction of sp³-hybridized carbons (Fsp3) is 0.900. The molecule has 0 aromatic heterocycles. The largest absolute Gasteiger partial charge is 0.371 e. The molecule has 0 radical (unpaired) electrons. The second kappa shape index (κ2) is 4.20. The minimum absolute atomic E-state index is 0.0371. The van der Waals surface area contributed by atoms with Gasteiger partial charge in [0.05, 0.1) is 5.60 Å². The second-order valence-electron chi connectivity index (χ2n) is 4.54. The first-order valence-electron chi connectivity index (χ1n) is 4.41. The van der Waals surface area contributed by atoms with Crippen LogP contribution in [0.5, 0.6) is 0 Å². The van der Waals surface area contributed by atoms with E-state index in [0.717, 1.165) is 0 Å². The van der Waals surface area contributed by atoms with Gasteiger partial charge in [-0.1, -0.05) is 0 Å². The van der Waals surface area contributed by atoms with Crippen molar-refractivity contribution in [2.75, 3.05) is 13.7 Å². The first kappa shape index (κ1) is 12.6. The molecule has 3 nitrogen and oxygen atoms in total. The maximum atomic E-state index is 11.5. The number of carbonyl (C=O) groups is 1. The highest BCUT2D eigenvalue weighted by Gasteiger charge is 2.27. The van der Waals surface area contributed by atoms with Crippen molar-refractivity contribution in [1.82, 2.24) is 0 Å². The van der Waals surface area contributed by atoms with Crippen LogP contribution in [0.15, 0.2) is 0 Å². The predicted molar refractivity (Wildman–Crippen MR) is 51.8 cm³/mol. The van der Waals surface area contributed by atoms with Crippen LogP contribution < -0.4 is 0 Å². The minimum Gasteiger partial charge on any atom is -0.371 e. The van der Waals surface area contributed by atoms with Crippen molar-refractivity contribution in [2.24, 2.45) is 0 Å². The van der Waals surface area contributed by atoms with Gasteiger partial charge in [0.25, 0.3) is 0 Å². The lowest BCUT2D eigenvalue weighted by atomic mass is 10.0. The van der Waals surface area contributed by atoms with Crippen molar-refractivity contribution < 1.29 is 14.3 Å². The van der Waals surface area contributed by atoms with Gasteiger partial charge in [-0.3, -0.25) is 4.79 Å². The molecule has 0 spiro atoms. The fourth-order valence-corrected chi connectivity index (χ4v) is 0.570. The van der Waals surface area contributed by atoms with Crippen LogP contribution in [0.1, 0.15) is 34.6 Å². The highest BCUT2D eigenvalue weighted by molar-refractivity contribution is 5.87. The Morgan fingerprint density at radius 2 is 1.62 bits per heavy atom. The molecule has 0 saturated carbocycles. The van der Waals surface area contributed by atoms with Crippen LogP contribution in [-0.2, 0) is 14.3 Å². The van der Waals surface area contributed by atoms with Gasteiger partial charge in [0.2, 0.25) is 0 Å². The van der Waals surface area contributed by atoms with Crippen LogP contribution in [-0.4, -0.2) is 30.7 Å². The normalized spacial score (nSPS) is 13.1. The fourth-order valence-electron chi connectivity index (χ4n) is 0.570. The Hall–Kier alpha value is -0.410. The number of methoxy groups -OCH3 is 1. The summed E-state index contributed by atoms with van der Waals surface area (Å²) in [6, 6.07) is 0. The van der Waals surface area contributed by atoms with Crippen LogP contribution >= 0.6 is 0 Å². The van der Waals surface area contributed by atoms with E-state index in [1.165, 1.54) is 7.11 Å².